The number of carbonyl (C=O) groups is 2. The Balaban J connectivity index is 3.67. The zero-order valence-electron chi connectivity index (χ0n) is 26.7. The van der Waals surface area contributed by atoms with Crippen molar-refractivity contribution < 1.29 is 19.4 Å². The highest BCUT2D eigenvalue weighted by Gasteiger charge is 2.20. The highest BCUT2D eigenvalue weighted by atomic mass is 16.6. The van der Waals surface area contributed by atoms with E-state index in [-0.39, 0.29) is 0 Å². The molecule has 234 valence electrons. The van der Waals surface area contributed by atoms with Crippen molar-refractivity contribution in [2.75, 3.05) is 0 Å². The topological polar surface area (TPSA) is 63.6 Å². The summed E-state index contributed by atoms with van der Waals surface area (Å²) in [5.41, 5.74) is 0. The van der Waals surface area contributed by atoms with E-state index in [9.17, 15) is 14.7 Å². The third-order valence-electron chi connectivity index (χ3n) is 7.74. The molecule has 0 aliphatic heterocycles. The molecule has 1 atom stereocenters. The van der Waals surface area contributed by atoms with E-state index in [2.05, 4.69) is 26.0 Å². The molecule has 0 rings (SSSR count). The van der Waals surface area contributed by atoms with Crippen molar-refractivity contribution in [3.05, 3.63) is 24.3 Å². The molecule has 4 heteroatoms. The van der Waals surface area contributed by atoms with Crippen LogP contribution < -0.4 is 0 Å². The maximum absolute atomic E-state index is 12.1. The minimum Gasteiger partial charge on any atom is -0.479 e. The standard InChI is InChI=1S/C36H66O4/c1-3-5-7-9-11-13-15-17-19-21-23-25-27-29-31-33-35(37)40-34(36(38)39)32-30-28-26-24-22-20-18-16-14-12-10-8-6-4-2/h24,26,31,33-34H,3-23,25,27-30,32H2,1-2H3,(H,38,39). The first-order chi connectivity index (χ1) is 19.6. The van der Waals surface area contributed by atoms with Gasteiger partial charge in [0, 0.05) is 6.08 Å². The number of carboxylic acids is 1. The van der Waals surface area contributed by atoms with Crippen LogP contribution in [0.3, 0.4) is 0 Å². The number of esters is 1. The lowest BCUT2D eigenvalue weighted by atomic mass is 10.0. The predicted molar refractivity (Wildman–Crippen MR) is 172 cm³/mol. The highest BCUT2D eigenvalue weighted by molar-refractivity contribution is 5.85. The Morgan fingerprint density at radius 1 is 0.525 bits per heavy atom. The maximum atomic E-state index is 12.1. The van der Waals surface area contributed by atoms with Gasteiger partial charge in [0.15, 0.2) is 6.10 Å². The van der Waals surface area contributed by atoms with Crippen LogP contribution in [-0.4, -0.2) is 23.1 Å². The lowest BCUT2D eigenvalue weighted by Crippen LogP contribution is -2.26. The van der Waals surface area contributed by atoms with Crippen LogP contribution in [-0.2, 0) is 14.3 Å². The third kappa shape index (κ3) is 29.4. The van der Waals surface area contributed by atoms with Crippen LogP contribution in [0.2, 0.25) is 0 Å². The quantitative estimate of drug-likeness (QED) is 0.0395. The summed E-state index contributed by atoms with van der Waals surface area (Å²) < 4.78 is 5.20. The van der Waals surface area contributed by atoms with Crippen molar-refractivity contribution in [2.45, 2.75) is 193 Å². The Bertz CT molecular complexity index is 610. The van der Waals surface area contributed by atoms with Crippen molar-refractivity contribution >= 4 is 11.9 Å². The Morgan fingerprint density at radius 3 is 1.27 bits per heavy atom. The molecule has 0 aliphatic carbocycles. The molecule has 1 unspecified atom stereocenters. The Kier molecular flexibility index (Phi) is 30.7. The average molecular weight is 563 g/mol. The Labute approximate surface area is 248 Å². The first kappa shape index (κ1) is 38.4. The van der Waals surface area contributed by atoms with Gasteiger partial charge in [0.1, 0.15) is 0 Å². The Morgan fingerprint density at radius 2 is 0.875 bits per heavy atom. The fourth-order valence-corrected chi connectivity index (χ4v) is 5.10. The van der Waals surface area contributed by atoms with Gasteiger partial charge in [0.2, 0.25) is 0 Å². The van der Waals surface area contributed by atoms with Crippen molar-refractivity contribution in [2.24, 2.45) is 0 Å². The van der Waals surface area contributed by atoms with Crippen molar-refractivity contribution in [3.8, 4) is 0 Å². The minimum absolute atomic E-state index is 0.357. The van der Waals surface area contributed by atoms with Gasteiger partial charge in [-0.25, -0.2) is 9.59 Å². The average Bonchev–Trinajstić information content (AvgIpc) is 2.94. The first-order valence-electron chi connectivity index (χ1n) is 17.4. The van der Waals surface area contributed by atoms with E-state index in [1.54, 1.807) is 0 Å². The molecule has 0 aliphatic rings. The van der Waals surface area contributed by atoms with Gasteiger partial charge in [0.25, 0.3) is 0 Å². The highest BCUT2D eigenvalue weighted by Crippen LogP contribution is 2.14. The summed E-state index contributed by atoms with van der Waals surface area (Å²) in [6.07, 6.45) is 39.6. The summed E-state index contributed by atoms with van der Waals surface area (Å²) in [5.74, 6) is -1.60. The largest absolute Gasteiger partial charge is 0.479 e. The van der Waals surface area contributed by atoms with E-state index in [1.807, 2.05) is 6.08 Å². The van der Waals surface area contributed by atoms with Crippen LogP contribution in [0.4, 0.5) is 0 Å². The van der Waals surface area contributed by atoms with E-state index in [1.165, 1.54) is 141 Å². The first-order valence-corrected chi connectivity index (χ1v) is 17.4. The number of carboxylic acid groups (broad SMARTS) is 1. The monoisotopic (exact) mass is 562 g/mol. The normalized spacial score (nSPS) is 12.4. The number of hydrogen-bond donors (Lipinski definition) is 1. The Hall–Kier alpha value is -1.58. The molecule has 0 amide bonds. The van der Waals surface area contributed by atoms with E-state index in [0.29, 0.717) is 12.8 Å². The van der Waals surface area contributed by atoms with E-state index < -0.39 is 18.0 Å². The van der Waals surface area contributed by atoms with Gasteiger partial charge in [0.05, 0.1) is 0 Å². The molecule has 0 aromatic heterocycles. The molecule has 1 N–H and O–H groups in total. The fourth-order valence-electron chi connectivity index (χ4n) is 5.10. The van der Waals surface area contributed by atoms with Gasteiger partial charge in [-0.1, -0.05) is 160 Å². The zero-order chi connectivity index (χ0) is 29.4. The van der Waals surface area contributed by atoms with Crippen LogP contribution in [0.1, 0.15) is 187 Å². The predicted octanol–water partition coefficient (Wildman–Crippen LogP) is 11.7. The van der Waals surface area contributed by atoms with Gasteiger partial charge in [-0.05, 0) is 44.9 Å². The number of aliphatic carboxylic acids is 1. The summed E-state index contributed by atoms with van der Waals surface area (Å²) in [5, 5.41) is 9.41. The summed E-state index contributed by atoms with van der Waals surface area (Å²) in [6.45, 7) is 4.52. The van der Waals surface area contributed by atoms with Crippen LogP contribution in [0.25, 0.3) is 0 Å². The maximum Gasteiger partial charge on any atom is 0.345 e. The van der Waals surface area contributed by atoms with Crippen molar-refractivity contribution in [1.82, 2.24) is 0 Å². The van der Waals surface area contributed by atoms with Crippen LogP contribution in [0.5, 0.6) is 0 Å². The van der Waals surface area contributed by atoms with Gasteiger partial charge < -0.3 is 9.84 Å². The van der Waals surface area contributed by atoms with E-state index in [0.717, 1.165) is 25.7 Å². The summed E-state index contributed by atoms with van der Waals surface area (Å²) >= 11 is 0. The summed E-state index contributed by atoms with van der Waals surface area (Å²) in [4.78, 5) is 23.5. The minimum atomic E-state index is -1.06. The molecule has 0 saturated carbocycles. The van der Waals surface area contributed by atoms with Crippen LogP contribution in [0.15, 0.2) is 24.3 Å². The molecule has 0 fully saturated rings. The molecule has 0 radical (unpaired) electrons. The molecule has 0 aromatic rings. The number of rotatable bonds is 31. The molecule has 0 heterocycles. The van der Waals surface area contributed by atoms with Crippen molar-refractivity contribution in [3.63, 3.8) is 0 Å². The van der Waals surface area contributed by atoms with Crippen LogP contribution >= 0.6 is 0 Å². The second-order valence-electron chi connectivity index (χ2n) is 11.7. The molecule has 4 nitrogen and oxygen atoms in total. The zero-order valence-corrected chi connectivity index (χ0v) is 26.7. The fraction of sp³-hybridized carbons (Fsp3) is 0.833. The number of hydrogen-bond acceptors (Lipinski definition) is 3. The number of allylic oxidation sites excluding steroid dienone is 3. The van der Waals surface area contributed by atoms with Gasteiger partial charge >= 0.3 is 11.9 Å². The number of carbonyl (C=O) groups excluding carboxylic acids is 1. The third-order valence-corrected chi connectivity index (χ3v) is 7.74. The second-order valence-corrected chi connectivity index (χ2v) is 11.7. The molecular weight excluding hydrogens is 496 g/mol. The molecule has 40 heavy (non-hydrogen) atoms. The lowest BCUT2D eigenvalue weighted by molar-refractivity contribution is -0.161. The van der Waals surface area contributed by atoms with Gasteiger partial charge in [-0.2, -0.15) is 0 Å². The smallest absolute Gasteiger partial charge is 0.345 e. The lowest BCUT2D eigenvalue weighted by Gasteiger charge is -2.11. The van der Waals surface area contributed by atoms with Gasteiger partial charge in [-0.15, -0.1) is 0 Å². The molecular formula is C36H66O4. The van der Waals surface area contributed by atoms with Crippen molar-refractivity contribution in [1.29, 1.82) is 0 Å². The molecule has 0 saturated heterocycles. The number of ether oxygens (including phenoxy) is 1. The molecule has 0 spiro atoms. The van der Waals surface area contributed by atoms with E-state index >= 15 is 0 Å². The molecule has 0 aromatic carbocycles. The van der Waals surface area contributed by atoms with Crippen LogP contribution in [0, 0.1) is 0 Å². The van der Waals surface area contributed by atoms with Gasteiger partial charge in [-0.3, -0.25) is 0 Å². The SMILES string of the molecule is CCCCCCCCCCCC=CCCCC(OC(=O)C=CCCCCCCCCCCCCCCC)C(=O)O. The summed E-state index contributed by atoms with van der Waals surface area (Å²) in [7, 11) is 0. The number of unbranched alkanes of at least 4 members (excludes halogenated alkanes) is 23. The van der Waals surface area contributed by atoms with E-state index in [4.69, 9.17) is 4.74 Å². The summed E-state index contributed by atoms with van der Waals surface area (Å²) in [6, 6.07) is 0. The second kappa shape index (κ2) is 31.9. The molecule has 0 bridgehead atoms.